The summed E-state index contributed by atoms with van der Waals surface area (Å²) < 4.78 is 17.6. The van der Waals surface area contributed by atoms with Crippen molar-refractivity contribution in [3.8, 4) is 0 Å². The van der Waals surface area contributed by atoms with Crippen molar-refractivity contribution in [1.82, 2.24) is 0 Å². The average Bonchev–Trinajstić information content (AvgIpc) is 2.82. The van der Waals surface area contributed by atoms with Gasteiger partial charge in [-0.15, -0.1) is 4.33 Å². The second-order valence-electron chi connectivity index (χ2n) is 13.1. The minimum atomic E-state index is -0.374. The first-order valence-corrected chi connectivity index (χ1v) is 14.8. The van der Waals surface area contributed by atoms with Crippen LogP contribution in [0.2, 0.25) is 0 Å². The van der Waals surface area contributed by atoms with Gasteiger partial charge < -0.3 is 9.47 Å². The lowest BCUT2D eigenvalue weighted by atomic mass is 9.54. The molecule has 0 aliphatic heterocycles. The highest BCUT2D eigenvalue weighted by atomic mass is 32.2. The molecular weight excluding hydrogens is 492 g/mol. The first kappa shape index (κ1) is 24.4. The van der Waals surface area contributed by atoms with Crippen LogP contribution in [0.5, 0.6) is 0 Å². The number of rotatable bonds is 8. The Morgan fingerprint density at radius 2 is 1.05 bits per heavy atom. The maximum Gasteiger partial charge on any atom is 0.338 e. The van der Waals surface area contributed by atoms with Gasteiger partial charge in [0, 0.05) is 4.90 Å². The zero-order valence-electron chi connectivity index (χ0n) is 21.4. The number of benzene rings is 1. The Kier molecular flexibility index (Phi) is 6.11. The van der Waals surface area contributed by atoms with Gasteiger partial charge in [0.25, 0.3) is 0 Å². The van der Waals surface area contributed by atoms with E-state index in [0.717, 1.165) is 50.6 Å². The van der Waals surface area contributed by atoms with Crippen molar-refractivity contribution in [2.75, 3.05) is 7.11 Å². The highest BCUT2D eigenvalue weighted by Gasteiger charge is 2.54. The summed E-state index contributed by atoms with van der Waals surface area (Å²) in [6.07, 6.45) is 13.4. The van der Waals surface area contributed by atoms with E-state index >= 15 is 0 Å². The topological polar surface area (TPSA) is 80.3 Å². The normalized spacial score (nSPS) is 40.7. The minimum Gasteiger partial charge on any atom is -0.455 e. The van der Waals surface area contributed by atoms with Crippen molar-refractivity contribution >= 4 is 24.0 Å². The third kappa shape index (κ3) is 4.72. The quantitative estimate of drug-likeness (QED) is 0.125. The zero-order chi connectivity index (χ0) is 25.2. The molecule has 0 atom stereocenters. The summed E-state index contributed by atoms with van der Waals surface area (Å²) in [5, 5.41) is 4.55. The molecule has 0 amide bonds. The molecule has 8 aliphatic carbocycles. The van der Waals surface area contributed by atoms with E-state index in [1.807, 2.05) is 0 Å². The van der Waals surface area contributed by atoms with Crippen LogP contribution in [0.25, 0.3) is 0 Å². The van der Waals surface area contributed by atoms with Gasteiger partial charge in [0.1, 0.15) is 11.2 Å². The number of hydrogen-bond donors (Lipinski definition) is 0. The van der Waals surface area contributed by atoms with E-state index in [9.17, 15) is 9.59 Å². The molecule has 0 aromatic heterocycles. The van der Waals surface area contributed by atoms with Crippen molar-refractivity contribution < 1.29 is 33.3 Å². The summed E-state index contributed by atoms with van der Waals surface area (Å²) in [5.41, 5.74) is -0.0203. The number of carbonyl (C=O) groups is 2. The lowest BCUT2D eigenvalue weighted by molar-refractivity contribution is -0.447. The highest BCUT2D eigenvalue weighted by Crippen LogP contribution is 2.58. The van der Waals surface area contributed by atoms with Crippen LogP contribution in [0.1, 0.15) is 97.8 Å². The van der Waals surface area contributed by atoms with Crippen molar-refractivity contribution in [2.24, 2.45) is 35.5 Å². The zero-order valence-corrected chi connectivity index (χ0v) is 22.3. The average molecular weight is 529 g/mol. The molecular formula is C29H36O7S. The van der Waals surface area contributed by atoms with Gasteiger partial charge >= 0.3 is 11.9 Å². The predicted molar refractivity (Wildman–Crippen MR) is 134 cm³/mol. The van der Waals surface area contributed by atoms with Gasteiger partial charge in [0.2, 0.25) is 0 Å². The summed E-state index contributed by atoms with van der Waals surface area (Å²) in [6.45, 7) is 0. The van der Waals surface area contributed by atoms with Gasteiger partial charge in [-0.25, -0.2) is 14.5 Å². The molecule has 8 aliphatic rings. The van der Waals surface area contributed by atoms with Gasteiger partial charge in [0.05, 0.1) is 30.3 Å². The number of hydrogen-bond acceptors (Lipinski definition) is 8. The second-order valence-corrected chi connectivity index (χ2v) is 13.9. The summed E-state index contributed by atoms with van der Waals surface area (Å²) in [4.78, 5) is 32.1. The molecule has 7 nitrogen and oxygen atoms in total. The summed E-state index contributed by atoms with van der Waals surface area (Å²) in [6, 6.07) is 5.01. The Morgan fingerprint density at radius 3 is 1.41 bits per heavy atom. The monoisotopic (exact) mass is 528 g/mol. The lowest BCUT2D eigenvalue weighted by Crippen LogP contribution is -2.52. The Labute approximate surface area is 222 Å². The molecule has 9 rings (SSSR count). The lowest BCUT2D eigenvalue weighted by Gasteiger charge is -2.55. The van der Waals surface area contributed by atoms with Crippen LogP contribution in [0.15, 0.2) is 23.1 Å². The summed E-state index contributed by atoms with van der Waals surface area (Å²) >= 11 is 0.885. The van der Waals surface area contributed by atoms with Gasteiger partial charge in [-0.05, 0) is 131 Å². The third-order valence-corrected chi connectivity index (χ3v) is 10.7. The minimum absolute atomic E-state index is 0.347. The predicted octanol–water partition coefficient (Wildman–Crippen LogP) is 6.45. The molecule has 0 radical (unpaired) electrons. The maximum absolute atomic E-state index is 13.5. The Morgan fingerprint density at radius 1 is 0.676 bits per heavy atom. The van der Waals surface area contributed by atoms with E-state index in [4.69, 9.17) is 13.8 Å². The van der Waals surface area contributed by atoms with Crippen LogP contribution in [-0.2, 0) is 23.7 Å². The van der Waals surface area contributed by atoms with Crippen molar-refractivity contribution in [3.63, 3.8) is 0 Å². The molecule has 0 N–H and O–H groups in total. The first-order valence-electron chi connectivity index (χ1n) is 14.0. The van der Waals surface area contributed by atoms with Gasteiger partial charge in [-0.1, -0.05) is 5.04 Å². The largest absolute Gasteiger partial charge is 0.455 e. The molecule has 0 saturated heterocycles. The van der Waals surface area contributed by atoms with Crippen LogP contribution >= 0.6 is 12.0 Å². The molecule has 200 valence electrons. The van der Waals surface area contributed by atoms with E-state index in [-0.39, 0.29) is 23.1 Å². The van der Waals surface area contributed by atoms with E-state index in [1.54, 1.807) is 18.2 Å². The number of esters is 2. The highest BCUT2D eigenvalue weighted by molar-refractivity contribution is 7.94. The molecule has 8 heteroatoms. The van der Waals surface area contributed by atoms with Gasteiger partial charge in [-0.2, -0.15) is 0 Å². The summed E-state index contributed by atoms with van der Waals surface area (Å²) in [5.74, 6) is 3.29. The standard InChI is InChI=1S/C29H36O7S/c1-32-35-36-37-25-9-23(26(30)33-28-11-17-2-18(12-28)4-19(3-17)13-28)8-24(10-25)27(31)34-29-14-20-5-21(15-29)7-22(6-20)16-29/h8-10,17-22H,2-7,11-16H2,1H3. The molecule has 37 heavy (non-hydrogen) atoms. The molecule has 8 fully saturated rings. The Bertz CT molecular complexity index is 937. The van der Waals surface area contributed by atoms with E-state index in [0.29, 0.717) is 51.5 Å². The van der Waals surface area contributed by atoms with Gasteiger partial charge in [0.15, 0.2) is 0 Å². The Hall–Kier alpha value is -1.61. The smallest absolute Gasteiger partial charge is 0.338 e. The molecule has 1 aromatic rings. The molecule has 0 heterocycles. The van der Waals surface area contributed by atoms with Crippen molar-refractivity contribution in [1.29, 1.82) is 0 Å². The van der Waals surface area contributed by atoms with Crippen LogP contribution in [0, 0.1) is 35.5 Å². The SMILES string of the molecule is COOOSc1cc(C(=O)OC23CC4CC(CC(C4)C2)C3)cc(C(=O)OC23CC4CC(CC(C4)C2)C3)c1. The van der Waals surface area contributed by atoms with Gasteiger partial charge in [-0.3, -0.25) is 0 Å². The molecule has 0 unspecified atom stereocenters. The fourth-order valence-corrected chi connectivity index (χ4v) is 10.3. The Balaban J connectivity index is 1.12. The van der Waals surface area contributed by atoms with Crippen LogP contribution in [-0.4, -0.2) is 30.3 Å². The fourth-order valence-electron chi connectivity index (χ4n) is 9.79. The van der Waals surface area contributed by atoms with E-state index < -0.39 is 0 Å². The van der Waals surface area contributed by atoms with Crippen molar-refractivity contribution in [2.45, 2.75) is 93.1 Å². The first-order chi connectivity index (χ1) is 17.9. The van der Waals surface area contributed by atoms with Crippen LogP contribution in [0.3, 0.4) is 0 Å². The number of ether oxygens (including phenoxy) is 2. The summed E-state index contributed by atoms with van der Waals surface area (Å²) in [7, 11) is 1.34. The maximum atomic E-state index is 13.5. The van der Waals surface area contributed by atoms with Crippen molar-refractivity contribution in [3.05, 3.63) is 29.3 Å². The third-order valence-electron chi connectivity index (χ3n) is 10.2. The fraction of sp³-hybridized carbons (Fsp3) is 0.724. The van der Waals surface area contributed by atoms with E-state index in [2.05, 4.69) is 9.93 Å². The molecule has 0 spiro atoms. The molecule has 8 bridgehead atoms. The van der Waals surface area contributed by atoms with Crippen LogP contribution < -0.4 is 0 Å². The van der Waals surface area contributed by atoms with E-state index in [1.165, 1.54) is 45.6 Å². The van der Waals surface area contributed by atoms with Crippen LogP contribution in [0.4, 0.5) is 0 Å². The second kappa shape index (κ2) is 9.25. The molecule has 1 aromatic carbocycles. The molecule has 8 saturated carbocycles. The number of carbonyl (C=O) groups excluding carboxylic acids is 2.